The molecule has 5 heteroatoms. The van der Waals surface area contributed by atoms with Crippen molar-refractivity contribution in [3.8, 4) is 6.07 Å². The lowest BCUT2D eigenvalue weighted by molar-refractivity contribution is -0.122. The molecule has 86 valence electrons. The summed E-state index contributed by atoms with van der Waals surface area (Å²) in [7, 11) is 0. The molecule has 1 aliphatic heterocycles. The first kappa shape index (κ1) is 12.2. The molecule has 0 radical (unpaired) electrons. The molecule has 1 unspecified atom stereocenters. The van der Waals surface area contributed by atoms with Gasteiger partial charge in [0.15, 0.2) is 5.78 Å². The van der Waals surface area contributed by atoms with E-state index in [0.29, 0.717) is 13.0 Å². The predicted octanol–water partition coefficient (Wildman–Crippen LogP) is 1.26. The van der Waals surface area contributed by atoms with Gasteiger partial charge in [0.2, 0.25) is 0 Å². The van der Waals surface area contributed by atoms with Gasteiger partial charge in [-0.15, -0.1) is 0 Å². The maximum atomic E-state index is 11.5. The standard InChI is InChI=1S/C11H14N2O3/c1-2-8-16-11(15)13-7-3-4-9(13)10(14)5-6-12/h2,9H,1,3-5,7-8H2. The number of ketones is 1. The van der Waals surface area contributed by atoms with Crippen molar-refractivity contribution in [1.82, 2.24) is 4.90 Å². The van der Waals surface area contributed by atoms with E-state index in [-0.39, 0.29) is 18.8 Å². The summed E-state index contributed by atoms with van der Waals surface area (Å²) in [6.07, 6.45) is 2.19. The van der Waals surface area contributed by atoms with Gasteiger partial charge in [-0.2, -0.15) is 5.26 Å². The Hall–Kier alpha value is -1.83. The maximum absolute atomic E-state index is 11.5. The number of rotatable bonds is 4. The average Bonchev–Trinajstić information content (AvgIpc) is 2.75. The van der Waals surface area contributed by atoms with Crippen LogP contribution < -0.4 is 0 Å². The van der Waals surface area contributed by atoms with Gasteiger partial charge in [0.05, 0.1) is 18.5 Å². The van der Waals surface area contributed by atoms with Crippen molar-refractivity contribution in [2.45, 2.75) is 25.3 Å². The molecular weight excluding hydrogens is 208 g/mol. The average molecular weight is 222 g/mol. The Kier molecular flexibility index (Phi) is 4.52. The summed E-state index contributed by atoms with van der Waals surface area (Å²) in [5, 5.41) is 8.44. The predicted molar refractivity (Wildman–Crippen MR) is 56.5 cm³/mol. The summed E-state index contributed by atoms with van der Waals surface area (Å²) < 4.78 is 4.87. The summed E-state index contributed by atoms with van der Waals surface area (Å²) in [5.74, 6) is -0.212. The third kappa shape index (κ3) is 2.83. The number of nitrogens with zero attached hydrogens (tertiary/aromatic N) is 2. The van der Waals surface area contributed by atoms with Crippen molar-refractivity contribution in [2.75, 3.05) is 13.2 Å². The smallest absolute Gasteiger partial charge is 0.410 e. The summed E-state index contributed by atoms with van der Waals surface area (Å²) in [6.45, 7) is 4.08. The van der Waals surface area contributed by atoms with Gasteiger partial charge < -0.3 is 4.74 Å². The van der Waals surface area contributed by atoms with Crippen LogP contribution in [0.4, 0.5) is 4.79 Å². The van der Waals surface area contributed by atoms with E-state index in [2.05, 4.69) is 6.58 Å². The van der Waals surface area contributed by atoms with E-state index in [1.807, 2.05) is 0 Å². The van der Waals surface area contributed by atoms with E-state index in [1.54, 1.807) is 6.07 Å². The van der Waals surface area contributed by atoms with Crippen LogP contribution in [0.3, 0.4) is 0 Å². The number of likely N-dealkylation sites (tertiary alicyclic amines) is 1. The number of amides is 1. The minimum Gasteiger partial charge on any atom is -0.445 e. The Labute approximate surface area is 94.3 Å². The zero-order chi connectivity index (χ0) is 12.0. The van der Waals surface area contributed by atoms with Crippen LogP contribution in [-0.4, -0.2) is 36.0 Å². The second-order valence-electron chi connectivity index (χ2n) is 3.52. The van der Waals surface area contributed by atoms with Crippen molar-refractivity contribution in [2.24, 2.45) is 0 Å². The molecule has 1 atom stereocenters. The minimum absolute atomic E-state index is 0.133. The fourth-order valence-corrected chi connectivity index (χ4v) is 1.73. The van der Waals surface area contributed by atoms with Crippen molar-refractivity contribution < 1.29 is 14.3 Å². The lowest BCUT2D eigenvalue weighted by Crippen LogP contribution is -2.40. The number of carbonyl (C=O) groups is 2. The van der Waals surface area contributed by atoms with E-state index >= 15 is 0 Å². The van der Waals surface area contributed by atoms with E-state index in [4.69, 9.17) is 10.00 Å². The molecule has 1 aliphatic rings. The molecule has 0 spiro atoms. The van der Waals surface area contributed by atoms with Gasteiger partial charge in [0.25, 0.3) is 0 Å². The largest absolute Gasteiger partial charge is 0.445 e. The second-order valence-corrected chi connectivity index (χ2v) is 3.52. The number of ether oxygens (including phenoxy) is 1. The molecule has 1 heterocycles. The molecule has 0 aromatic heterocycles. The molecule has 1 amide bonds. The van der Waals surface area contributed by atoms with Gasteiger partial charge in [0.1, 0.15) is 6.61 Å². The van der Waals surface area contributed by atoms with Gasteiger partial charge in [-0.1, -0.05) is 12.7 Å². The number of carbonyl (C=O) groups excluding carboxylic acids is 2. The monoisotopic (exact) mass is 222 g/mol. The molecule has 1 saturated heterocycles. The maximum Gasteiger partial charge on any atom is 0.410 e. The van der Waals surface area contributed by atoms with Crippen LogP contribution in [0.1, 0.15) is 19.3 Å². The van der Waals surface area contributed by atoms with E-state index in [0.717, 1.165) is 6.42 Å². The molecule has 0 aromatic carbocycles. The Balaban J connectivity index is 2.58. The number of Topliss-reactive ketones (excluding diaryl/α,β-unsaturated/α-hetero) is 1. The van der Waals surface area contributed by atoms with Crippen LogP contribution in [0.25, 0.3) is 0 Å². The van der Waals surface area contributed by atoms with Gasteiger partial charge in [-0.25, -0.2) is 4.79 Å². The first-order valence-electron chi connectivity index (χ1n) is 5.14. The number of nitriles is 1. The van der Waals surface area contributed by atoms with Crippen LogP contribution in [-0.2, 0) is 9.53 Å². The van der Waals surface area contributed by atoms with Crippen molar-refractivity contribution in [3.05, 3.63) is 12.7 Å². The van der Waals surface area contributed by atoms with Crippen LogP contribution >= 0.6 is 0 Å². The van der Waals surface area contributed by atoms with E-state index in [1.165, 1.54) is 11.0 Å². The summed E-state index contributed by atoms with van der Waals surface area (Å²) >= 11 is 0. The Bertz CT molecular complexity index is 333. The minimum atomic E-state index is -0.506. The first-order chi connectivity index (χ1) is 7.70. The first-order valence-corrected chi connectivity index (χ1v) is 5.14. The van der Waals surface area contributed by atoms with Crippen molar-refractivity contribution in [3.63, 3.8) is 0 Å². The van der Waals surface area contributed by atoms with Crippen LogP contribution in [0.15, 0.2) is 12.7 Å². The van der Waals surface area contributed by atoms with Crippen LogP contribution in [0, 0.1) is 11.3 Å². The summed E-state index contributed by atoms with van der Waals surface area (Å²) in [6, 6.07) is 1.31. The fraction of sp³-hybridized carbons (Fsp3) is 0.545. The topological polar surface area (TPSA) is 70.4 Å². The normalized spacial score (nSPS) is 18.9. The Morgan fingerprint density at radius 3 is 3.00 bits per heavy atom. The zero-order valence-corrected chi connectivity index (χ0v) is 9.02. The van der Waals surface area contributed by atoms with Gasteiger partial charge in [0, 0.05) is 6.54 Å². The lowest BCUT2D eigenvalue weighted by Gasteiger charge is -2.21. The summed E-state index contributed by atoms with van der Waals surface area (Å²) in [5.41, 5.74) is 0. The Morgan fingerprint density at radius 1 is 1.62 bits per heavy atom. The molecule has 0 N–H and O–H groups in total. The van der Waals surface area contributed by atoms with Crippen LogP contribution in [0.5, 0.6) is 0 Å². The molecule has 0 aliphatic carbocycles. The van der Waals surface area contributed by atoms with Gasteiger partial charge in [-0.3, -0.25) is 9.69 Å². The quantitative estimate of drug-likeness (QED) is 0.671. The second kappa shape index (κ2) is 5.91. The highest BCUT2D eigenvalue weighted by atomic mass is 16.6. The molecule has 0 saturated carbocycles. The lowest BCUT2D eigenvalue weighted by atomic mass is 10.1. The zero-order valence-electron chi connectivity index (χ0n) is 9.02. The van der Waals surface area contributed by atoms with Crippen LogP contribution in [0.2, 0.25) is 0 Å². The highest BCUT2D eigenvalue weighted by Crippen LogP contribution is 2.19. The number of hydrogen-bond donors (Lipinski definition) is 0. The molecule has 1 rings (SSSR count). The molecule has 16 heavy (non-hydrogen) atoms. The van der Waals surface area contributed by atoms with Crippen molar-refractivity contribution in [1.29, 1.82) is 5.26 Å². The molecule has 0 aromatic rings. The Morgan fingerprint density at radius 2 is 2.38 bits per heavy atom. The molecule has 5 nitrogen and oxygen atoms in total. The number of hydrogen-bond acceptors (Lipinski definition) is 4. The van der Waals surface area contributed by atoms with Gasteiger partial charge in [-0.05, 0) is 12.8 Å². The molecular formula is C11H14N2O3. The highest BCUT2D eigenvalue weighted by Gasteiger charge is 2.34. The highest BCUT2D eigenvalue weighted by molar-refractivity contribution is 5.89. The fourth-order valence-electron chi connectivity index (χ4n) is 1.73. The third-order valence-corrected chi connectivity index (χ3v) is 2.44. The van der Waals surface area contributed by atoms with E-state index in [9.17, 15) is 9.59 Å². The van der Waals surface area contributed by atoms with Gasteiger partial charge >= 0.3 is 6.09 Å². The van der Waals surface area contributed by atoms with Crippen molar-refractivity contribution >= 4 is 11.9 Å². The summed E-state index contributed by atoms with van der Waals surface area (Å²) in [4.78, 5) is 24.5. The third-order valence-electron chi connectivity index (χ3n) is 2.44. The molecule has 0 bridgehead atoms. The van der Waals surface area contributed by atoms with E-state index < -0.39 is 12.1 Å². The molecule has 1 fully saturated rings. The SMILES string of the molecule is C=CCOC(=O)N1CCCC1C(=O)CC#N.